The Morgan fingerprint density at radius 1 is 1.19 bits per heavy atom. The van der Waals surface area contributed by atoms with E-state index in [1.54, 1.807) is 6.20 Å². The van der Waals surface area contributed by atoms with Crippen molar-refractivity contribution in [3.05, 3.63) is 47.4 Å². The number of amides is 1. The highest BCUT2D eigenvalue weighted by atomic mass is 19.1. The fraction of sp³-hybridized carbons (Fsp3) is 0.500. The van der Waals surface area contributed by atoms with Gasteiger partial charge in [-0.2, -0.15) is 0 Å². The van der Waals surface area contributed by atoms with E-state index in [1.807, 2.05) is 11.5 Å². The number of aromatic nitrogens is 2. The number of nitrogens with one attached hydrogen (secondary N) is 1. The van der Waals surface area contributed by atoms with Gasteiger partial charge in [0.1, 0.15) is 17.5 Å². The third-order valence-electron chi connectivity index (χ3n) is 5.62. The number of halogens is 2. The van der Waals surface area contributed by atoms with E-state index in [0.29, 0.717) is 17.8 Å². The second-order valence-corrected chi connectivity index (χ2v) is 7.47. The molecule has 2 atom stereocenters. The summed E-state index contributed by atoms with van der Waals surface area (Å²) in [5.41, 5.74) is 0.586. The Balaban J connectivity index is 1.48. The van der Waals surface area contributed by atoms with Crippen molar-refractivity contribution >= 4 is 11.7 Å². The number of benzene rings is 1. The molecule has 5 nitrogen and oxygen atoms in total. The Kier molecular flexibility index (Phi) is 4.95. The fourth-order valence-electron chi connectivity index (χ4n) is 4.15. The minimum Gasteiger partial charge on any atom is -0.325 e. The molecule has 1 fully saturated rings. The van der Waals surface area contributed by atoms with Crippen molar-refractivity contribution in [3.8, 4) is 0 Å². The number of carbonyl (C=O) groups excluding carboxylic acids is 1. The molecule has 0 spiro atoms. The number of hydrogen-bond donors (Lipinski definition) is 1. The van der Waals surface area contributed by atoms with Gasteiger partial charge in [0.2, 0.25) is 5.91 Å². The highest BCUT2D eigenvalue weighted by molar-refractivity contribution is 5.93. The molecule has 1 saturated heterocycles. The summed E-state index contributed by atoms with van der Waals surface area (Å²) in [5, 5.41) is 2.90. The lowest BCUT2D eigenvalue weighted by molar-refractivity contribution is -0.121. The van der Waals surface area contributed by atoms with Crippen LogP contribution in [0.4, 0.5) is 14.6 Å². The van der Waals surface area contributed by atoms with Crippen LogP contribution in [-0.4, -0.2) is 39.5 Å². The Labute approximate surface area is 157 Å². The molecule has 3 heterocycles. The summed E-state index contributed by atoms with van der Waals surface area (Å²) in [6, 6.07) is 3.23. The van der Waals surface area contributed by atoms with Gasteiger partial charge in [-0.25, -0.2) is 13.8 Å². The third kappa shape index (κ3) is 3.74. The van der Waals surface area contributed by atoms with Gasteiger partial charge in [-0.3, -0.25) is 9.69 Å². The summed E-state index contributed by atoms with van der Waals surface area (Å²) in [6.07, 6.45) is 6.70. The van der Waals surface area contributed by atoms with Gasteiger partial charge in [0.15, 0.2) is 5.82 Å². The molecule has 1 N–H and O–H groups in total. The monoisotopic (exact) mass is 374 g/mol. The van der Waals surface area contributed by atoms with E-state index in [0.717, 1.165) is 44.2 Å². The molecule has 0 unspecified atom stereocenters. The number of aryl methyl sites for hydroxylation is 1. The average Bonchev–Trinajstić information content (AvgIpc) is 3.21. The molecule has 4 rings (SSSR count). The standard InChI is InChI=1S/C20H24F2N4O/c1-13(25-7-3-2-4-8-25)20(27)24-18-12-26-17(5-6-19(26)23-18)14-9-15(21)11-16(22)10-14/h9-13,17H,2-8H2,1H3,(H,24,27)/t13-,17-/m0/s1. The smallest absolute Gasteiger partial charge is 0.242 e. The van der Waals surface area contributed by atoms with Gasteiger partial charge in [-0.1, -0.05) is 6.42 Å². The molecule has 2 aliphatic heterocycles. The fourth-order valence-corrected chi connectivity index (χ4v) is 4.15. The van der Waals surface area contributed by atoms with Gasteiger partial charge >= 0.3 is 0 Å². The predicted molar refractivity (Wildman–Crippen MR) is 98.6 cm³/mol. The number of nitrogens with zero attached hydrogens (tertiary/aromatic N) is 3. The SMILES string of the molecule is C[C@@H](C(=O)Nc1cn2c(n1)CC[C@H]2c1cc(F)cc(F)c1)N1CCCCC1. The highest BCUT2D eigenvalue weighted by Crippen LogP contribution is 2.33. The molecule has 2 aliphatic rings. The minimum atomic E-state index is -0.581. The van der Waals surface area contributed by atoms with Crippen LogP contribution in [0.2, 0.25) is 0 Å². The molecule has 144 valence electrons. The van der Waals surface area contributed by atoms with Crippen LogP contribution >= 0.6 is 0 Å². The highest BCUT2D eigenvalue weighted by Gasteiger charge is 2.28. The van der Waals surface area contributed by atoms with Crippen molar-refractivity contribution in [2.24, 2.45) is 0 Å². The van der Waals surface area contributed by atoms with Crippen molar-refractivity contribution in [3.63, 3.8) is 0 Å². The van der Waals surface area contributed by atoms with Crippen molar-refractivity contribution in [2.45, 2.75) is 51.1 Å². The average molecular weight is 374 g/mol. The number of hydrogen-bond acceptors (Lipinski definition) is 3. The predicted octanol–water partition coefficient (Wildman–Crippen LogP) is 3.51. The van der Waals surface area contributed by atoms with E-state index >= 15 is 0 Å². The first-order chi connectivity index (χ1) is 13.0. The molecule has 2 aromatic rings. The largest absolute Gasteiger partial charge is 0.325 e. The number of anilines is 1. The summed E-state index contributed by atoms with van der Waals surface area (Å²) in [7, 11) is 0. The van der Waals surface area contributed by atoms with Crippen molar-refractivity contribution in [2.75, 3.05) is 18.4 Å². The van der Waals surface area contributed by atoms with Gasteiger partial charge < -0.3 is 9.88 Å². The normalized spacial score (nSPS) is 21.1. The van der Waals surface area contributed by atoms with Crippen LogP contribution < -0.4 is 5.32 Å². The summed E-state index contributed by atoms with van der Waals surface area (Å²) in [6.45, 7) is 3.81. The number of carbonyl (C=O) groups is 1. The van der Waals surface area contributed by atoms with Crippen molar-refractivity contribution in [1.29, 1.82) is 0 Å². The molecule has 27 heavy (non-hydrogen) atoms. The lowest BCUT2D eigenvalue weighted by Gasteiger charge is -2.31. The number of fused-ring (bicyclic) bond motifs is 1. The number of imidazole rings is 1. The molecular weight excluding hydrogens is 350 g/mol. The zero-order valence-electron chi connectivity index (χ0n) is 15.4. The van der Waals surface area contributed by atoms with Crippen LogP contribution in [-0.2, 0) is 11.2 Å². The van der Waals surface area contributed by atoms with Gasteiger partial charge in [0.05, 0.1) is 12.1 Å². The maximum atomic E-state index is 13.6. The van der Waals surface area contributed by atoms with Crippen LogP contribution in [0, 0.1) is 11.6 Å². The molecule has 0 aliphatic carbocycles. The molecule has 1 aromatic carbocycles. The first kappa shape index (κ1) is 18.1. The lowest BCUT2D eigenvalue weighted by Crippen LogP contribution is -2.44. The van der Waals surface area contributed by atoms with Gasteiger partial charge in [0.25, 0.3) is 0 Å². The quantitative estimate of drug-likeness (QED) is 0.891. The van der Waals surface area contributed by atoms with Gasteiger partial charge in [0, 0.05) is 18.7 Å². The van der Waals surface area contributed by atoms with E-state index < -0.39 is 11.6 Å². The van der Waals surface area contributed by atoms with E-state index in [4.69, 9.17) is 0 Å². The zero-order chi connectivity index (χ0) is 19.0. The van der Waals surface area contributed by atoms with Crippen molar-refractivity contribution in [1.82, 2.24) is 14.5 Å². The van der Waals surface area contributed by atoms with E-state index in [-0.39, 0.29) is 18.0 Å². The Morgan fingerprint density at radius 2 is 1.89 bits per heavy atom. The van der Waals surface area contributed by atoms with E-state index in [2.05, 4.69) is 15.2 Å². The zero-order valence-corrected chi connectivity index (χ0v) is 15.4. The van der Waals surface area contributed by atoms with Crippen LogP contribution in [0.25, 0.3) is 0 Å². The molecule has 0 saturated carbocycles. The molecule has 0 bridgehead atoms. The topological polar surface area (TPSA) is 50.2 Å². The maximum Gasteiger partial charge on any atom is 0.242 e. The maximum absolute atomic E-state index is 13.6. The lowest BCUT2D eigenvalue weighted by atomic mass is 10.0. The summed E-state index contributed by atoms with van der Waals surface area (Å²) in [4.78, 5) is 19.3. The number of piperidine rings is 1. The first-order valence-electron chi connectivity index (χ1n) is 9.60. The van der Waals surface area contributed by atoms with Gasteiger partial charge in [-0.15, -0.1) is 0 Å². The summed E-state index contributed by atoms with van der Waals surface area (Å²) >= 11 is 0. The second kappa shape index (κ2) is 7.38. The number of likely N-dealkylation sites (tertiary alicyclic amines) is 1. The Bertz CT molecular complexity index is 824. The molecule has 0 radical (unpaired) electrons. The van der Waals surface area contributed by atoms with E-state index in [1.165, 1.54) is 18.6 Å². The molecule has 1 amide bonds. The van der Waals surface area contributed by atoms with E-state index in [9.17, 15) is 13.6 Å². The molecule has 1 aromatic heterocycles. The van der Waals surface area contributed by atoms with Crippen LogP contribution in [0.1, 0.15) is 50.0 Å². The summed E-state index contributed by atoms with van der Waals surface area (Å²) in [5.74, 6) is 0.0953. The van der Waals surface area contributed by atoms with Crippen molar-refractivity contribution < 1.29 is 13.6 Å². The van der Waals surface area contributed by atoms with Crippen LogP contribution in [0.3, 0.4) is 0 Å². The summed E-state index contributed by atoms with van der Waals surface area (Å²) < 4.78 is 29.1. The second-order valence-electron chi connectivity index (χ2n) is 7.47. The minimum absolute atomic E-state index is 0.0676. The van der Waals surface area contributed by atoms with Crippen LogP contribution in [0.5, 0.6) is 0 Å². The Morgan fingerprint density at radius 3 is 2.59 bits per heavy atom. The first-order valence-corrected chi connectivity index (χ1v) is 9.60. The van der Waals surface area contributed by atoms with Gasteiger partial charge in [-0.05, 0) is 57.0 Å². The molecule has 7 heteroatoms. The molecular formula is C20H24F2N4O. The third-order valence-corrected chi connectivity index (χ3v) is 5.62. The van der Waals surface area contributed by atoms with Crippen LogP contribution in [0.15, 0.2) is 24.4 Å². The Hall–Kier alpha value is -2.28. The number of rotatable bonds is 4.